The fraction of sp³-hybridized carbons (Fsp3) is 0. The van der Waals surface area contributed by atoms with E-state index in [0.29, 0.717) is 17.2 Å². The SMILES string of the molecule is O=C(Nc1cc(-n2ccnc2)ncn1)c1cnc2ccccc2n1. The molecule has 8 heteroatoms. The smallest absolute Gasteiger partial charge is 0.277 e. The van der Waals surface area contributed by atoms with Crippen LogP contribution >= 0.6 is 0 Å². The van der Waals surface area contributed by atoms with E-state index in [9.17, 15) is 4.79 Å². The second-order valence-electron chi connectivity index (χ2n) is 4.93. The highest BCUT2D eigenvalue weighted by Gasteiger charge is 2.11. The number of amides is 1. The van der Waals surface area contributed by atoms with E-state index >= 15 is 0 Å². The summed E-state index contributed by atoms with van der Waals surface area (Å²) < 4.78 is 1.72. The number of carbonyl (C=O) groups is 1. The molecule has 4 rings (SSSR count). The van der Waals surface area contributed by atoms with Crippen LogP contribution in [0.5, 0.6) is 0 Å². The third kappa shape index (κ3) is 2.68. The maximum atomic E-state index is 12.4. The maximum absolute atomic E-state index is 12.4. The zero-order valence-electron chi connectivity index (χ0n) is 12.4. The van der Waals surface area contributed by atoms with Crippen molar-refractivity contribution in [2.24, 2.45) is 0 Å². The summed E-state index contributed by atoms with van der Waals surface area (Å²) in [4.78, 5) is 33.1. The summed E-state index contributed by atoms with van der Waals surface area (Å²) in [6, 6.07) is 9.01. The lowest BCUT2D eigenvalue weighted by molar-refractivity contribution is 0.102. The molecule has 0 saturated carbocycles. The van der Waals surface area contributed by atoms with E-state index in [2.05, 4.69) is 30.2 Å². The van der Waals surface area contributed by atoms with E-state index in [1.807, 2.05) is 18.2 Å². The van der Waals surface area contributed by atoms with Crippen LogP contribution in [-0.4, -0.2) is 35.4 Å². The second-order valence-corrected chi connectivity index (χ2v) is 4.93. The first kappa shape index (κ1) is 13.9. The van der Waals surface area contributed by atoms with E-state index in [0.717, 1.165) is 5.52 Å². The Morgan fingerprint density at radius 2 is 1.96 bits per heavy atom. The Labute approximate surface area is 136 Å². The summed E-state index contributed by atoms with van der Waals surface area (Å²) in [6.45, 7) is 0. The van der Waals surface area contributed by atoms with Crippen molar-refractivity contribution in [1.82, 2.24) is 29.5 Å². The molecule has 0 aliphatic carbocycles. The van der Waals surface area contributed by atoms with Crippen LogP contribution < -0.4 is 5.32 Å². The zero-order valence-corrected chi connectivity index (χ0v) is 12.4. The molecule has 0 spiro atoms. The summed E-state index contributed by atoms with van der Waals surface area (Å²) in [7, 11) is 0. The molecule has 0 unspecified atom stereocenters. The van der Waals surface area contributed by atoms with Crippen LogP contribution in [0.1, 0.15) is 10.5 Å². The number of fused-ring (bicyclic) bond motifs is 1. The Morgan fingerprint density at radius 1 is 1.08 bits per heavy atom. The molecule has 3 heterocycles. The van der Waals surface area contributed by atoms with Gasteiger partial charge in [-0.25, -0.2) is 19.9 Å². The van der Waals surface area contributed by atoms with Gasteiger partial charge < -0.3 is 5.32 Å². The molecule has 0 saturated heterocycles. The number of imidazole rings is 1. The lowest BCUT2D eigenvalue weighted by atomic mass is 10.3. The Balaban J connectivity index is 1.60. The van der Waals surface area contributed by atoms with Crippen LogP contribution in [0, 0.1) is 0 Å². The van der Waals surface area contributed by atoms with Gasteiger partial charge in [0.15, 0.2) is 0 Å². The molecule has 0 atom stereocenters. The van der Waals surface area contributed by atoms with Crippen molar-refractivity contribution in [2.75, 3.05) is 5.32 Å². The maximum Gasteiger partial charge on any atom is 0.277 e. The first-order chi connectivity index (χ1) is 11.8. The predicted octanol–water partition coefficient (Wildman–Crippen LogP) is 1.86. The number of rotatable bonds is 3. The number of anilines is 1. The largest absolute Gasteiger partial charge is 0.305 e. The normalized spacial score (nSPS) is 10.7. The molecule has 0 bridgehead atoms. The van der Waals surface area contributed by atoms with Crippen molar-refractivity contribution >= 4 is 22.8 Å². The van der Waals surface area contributed by atoms with E-state index in [-0.39, 0.29) is 11.6 Å². The second kappa shape index (κ2) is 5.84. The van der Waals surface area contributed by atoms with Crippen molar-refractivity contribution in [3.8, 4) is 5.82 Å². The van der Waals surface area contributed by atoms with E-state index < -0.39 is 0 Å². The summed E-state index contributed by atoms with van der Waals surface area (Å²) in [5.74, 6) is 0.583. The molecule has 3 aromatic heterocycles. The molecule has 8 nitrogen and oxygen atoms in total. The van der Waals surface area contributed by atoms with E-state index in [1.54, 1.807) is 35.4 Å². The monoisotopic (exact) mass is 317 g/mol. The summed E-state index contributed by atoms with van der Waals surface area (Å²) in [6.07, 6.45) is 7.82. The van der Waals surface area contributed by atoms with Gasteiger partial charge in [-0.1, -0.05) is 12.1 Å². The highest BCUT2D eigenvalue weighted by atomic mass is 16.1. The van der Waals surface area contributed by atoms with Gasteiger partial charge in [-0.2, -0.15) is 0 Å². The number of nitrogens with zero attached hydrogens (tertiary/aromatic N) is 6. The molecule has 1 amide bonds. The van der Waals surface area contributed by atoms with Crippen molar-refractivity contribution < 1.29 is 4.79 Å². The summed E-state index contributed by atoms with van der Waals surface area (Å²) in [5.41, 5.74) is 1.61. The van der Waals surface area contributed by atoms with Crippen molar-refractivity contribution in [3.05, 3.63) is 67.3 Å². The van der Waals surface area contributed by atoms with Crippen LogP contribution in [0.4, 0.5) is 5.82 Å². The number of carbonyl (C=O) groups excluding carboxylic acids is 1. The van der Waals surface area contributed by atoms with E-state index in [4.69, 9.17) is 0 Å². The van der Waals surface area contributed by atoms with Crippen LogP contribution in [-0.2, 0) is 0 Å². The molecule has 4 aromatic rings. The standard InChI is InChI=1S/C16H11N7O/c24-16(13-8-18-11-3-1-2-4-12(11)21-13)22-14-7-15(20-9-19-14)23-6-5-17-10-23/h1-10H,(H,19,20,22,24). The molecule has 24 heavy (non-hydrogen) atoms. The molecule has 1 aromatic carbocycles. The zero-order chi connectivity index (χ0) is 16.4. The van der Waals surface area contributed by atoms with Crippen molar-refractivity contribution in [2.45, 2.75) is 0 Å². The van der Waals surface area contributed by atoms with Crippen molar-refractivity contribution in [3.63, 3.8) is 0 Å². The number of hydrogen-bond acceptors (Lipinski definition) is 6. The molecular formula is C16H11N7O. The average Bonchev–Trinajstić information content (AvgIpc) is 3.16. The first-order valence-electron chi connectivity index (χ1n) is 7.13. The minimum atomic E-state index is -0.386. The first-order valence-corrected chi connectivity index (χ1v) is 7.13. The van der Waals surface area contributed by atoms with Gasteiger partial charge in [-0.3, -0.25) is 14.3 Å². The average molecular weight is 317 g/mol. The van der Waals surface area contributed by atoms with Gasteiger partial charge >= 0.3 is 0 Å². The van der Waals surface area contributed by atoms with Gasteiger partial charge in [0.05, 0.1) is 17.2 Å². The molecule has 116 valence electrons. The number of nitrogens with one attached hydrogen (secondary N) is 1. The van der Waals surface area contributed by atoms with Gasteiger partial charge in [-0.15, -0.1) is 0 Å². The lowest BCUT2D eigenvalue weighted by Gasteiger charge is -2.06. The van der Waals surface area contributed by atoms with Gasteiger partial charge in [0.25, 0.3) is 5.91 Å². The molecule has 0 fully saturated rings. The van der Waals surface area contributed by atoms with E-state index in [1.165, 1.54) is 12.5 Å². The third-order valence-corrected chi connectivity index (χ3v) is 3.34. The predicted molar refractivity (Wildman–Crippen MR) is 86.6 cm³/mol. The minimum absolute atomic E-state index is 0.219. The number of benzene rings is 1. The highest BCUT2D eigenvalue weighted by Crippen LogP contribution is 2.12. The molecule has 0 radical (unpaired) electrons. The van der Waals surface area contributed by atoms with Crippen LogP contribution in [0.3, 0.4) is 0 Å². The number of hydrogen-bond donors (Lipinski definition) is 1. The Hall–Kier alpha value is -3.68. The Bertz CT molecular complexity index is 1010. The van der Waals surface area contributed by atoms with Crippen molar-refractivity contribution in [1.29, 1.82) is 0 Å². The minimum Gasteiger partial charge on any atom is -0.305 e. The highest BCUT2D eigenvalue weighted by molar-refractivity contribution is 6.03. The van der Waals surface area contributed by atoms with Crippen LogP contribution in [0.25, 0.3) is 16.9 Å². The van der Waals surface area contributed by atoms with Crippen LogP contribution in [0.15, 0.2) is 61.6 Å². The van der Waals surface area contributed by atoms with Gasteiger partial charge in [-0.05, 0) is 12.1 Å². The van der Waals surface area contributed by atoms with Gasteiger partial charge in [0.1, 0.15) is 30.0 Å². The Kier molecular flexibility index (Phi) is 3.39. The molecular weight excluding hydrogens is 306 g/mol. The molecule has 0 aliphatic heterocycles. The number of para-hydroxylation sites is 2. The summed E-state index contributed by atoms with van der Waals surface area (Å²) >= 11 is 0. The molecule has 0 aliphatic rings. The summed E-state index contributed by atoms with van der Waals surface area (Å²) in [5, 5.41) is 2.70. The van der Waals surface area contributed by atoms with Gasteiger partial charge in [0.2, 0.25) is 0 Å². The fourth-order valence-electron chi connectivity index (χ4n) is 2.20. The molecule has 1 N–H and O–H groups in total. The Morgan fingerprint density at radius 3 is 2.79 bits per heavy atom. The van der Waals surface area contributed by atoms with Gasteiger partial charge in [0, 0.05) is 18.5 Å². The topological polar surface area (TPSA) is 98.5 Å². The fourth-order valence-corrected chi connectivity index (χ4v) is 2.20. The van der Waals surface area contributed by atoms with Crippen LogP contribution in [0.2, 0.25) is 0 Å². The number of aromatic nitrogens is 6. The third-order valence-electron chi connectivity index (χ3n) is 3.34. The quantitative estimate of drug-likeness (QED) is 0.619. The lowest BCUT2D eigenvalue weighted by Crippen LogP contribution is -2.15.